The summed E-state index contributed by atoms with van der Waals surface area (Å²) in [5, 5.41) is 6.34. The van der Waals surface area contributed by atoms with Gasteiger partial charge in [0.25, 0.3) is 5.91 Å². The molecule has 0 bridgehead atoms. The van der Waals surface area contributed by atoms with Gasteiger partial charge < -0.3 is 25.2 Å². The molecule has 27 heavy (non-hydrogen) atoms. The van der Waals surface area contributed by atoms with Gasteiger partial charge in [0, 0.05) is 43.7 Å². The van der Waals surface area contributed by atoms with E-state index in [4.69, 9.17) is 4.74 Å². The number of nitrogens with one attached hydrogen (secondary N) is 2. The monoisotopic (exact) mass is 374 g/mol. The number of ether oxygens (including phenoxy) is 1. The largest absolute Gasteiger partial charge is 0.495 e. The Morgan fingerprint density at radius 3 is 2.63 bits per heavy atom. The van der Waals surface area contributed by atoms with Gasteiger partial charge in [-0.1, -0.05) is 0 Å². The molecule has 1 aromatic carbocycles. The number of hydrogen-bond acceptors (Lipinski definition) is 5. The third kappa shape index (κ3) is 4.78. The molecule has 2 atom stereocenters. The van der Waals surface area contributed by atoms with Crippen LogP contribution in [0.2, 0.25) is 0 Å². The lowest BCUT2D eigenvalue weighted by atomic mass is 9.92. The lowest BCUT2D eigenvalue weighted by Crippen LogP contribution is -2.47. The van der Waals surface area contributed by atoms with Gasteiger partial charge in [-0.05, 0) is 51.6 Å². The predicted octanol–water partition coefficient (Wildman–Crippen LogP) is 1.41. The fourth-order valence-corrected chi connectivity index (χ4v) is 3.74. The quantitative estimate of drug-likeness (QED) is 0.834. The molecule has 0 aromatic heterocycles. The number of methoxy groups -OCH3 is 1. The standard InChI is InChI=1S/C20H30N4O3/c1-14-12-15(6-7-21-14)19(25)22-17-13-16(4-5-18(17)27-3)20(26)24-10-8-23(2)9-11-24/h4-5,13-15,21H,6-12H2,1-3H3,(H,22,25)/t14-,15-/m0/s1. The summed E-state index contributed by atoms with van der Waals surface area (Å²) in [5.41, 5.74) is 1.14. The summed E-state index contributed by atoms with van der Waals surface area (Å²) in [6.07, 6.45) is 1.63. The smallest absolute Gasteiger partial charge is 0.254 e. The van der Waals surface area contributed by atoms with E-state index < -0.39 is 0 Å². The molecule has 2 aliphatic rings. The molecular weight excluding hydrogens is 344 g/mol. The molecule has 2 saturated heterocycles. The van der Waals surface area contributed by atoms with E-state index in [0.717, 1.165) is 45.6 Å². The minimum atomic E-state index is -0.0251. The van der Waals surface area contributed by atoms with Gasteiger partial charge in [-0.3, -0.25) is 9.59 Å². The number of nitrogens with zero attached hydrogens (tertiary/aromatic N) is 2. The number of anilines is 1. The van der Waals surface area contributed by atoms with Crippen molar-refractivity contribution in [2.24, 2.45) is 5.92 Å². The Hall–Kier alpha value is -2.12. The van der Waals surface area contributed by atoms with E-state index in [-0.39, 0.29) is 17.7 Å². The molecule has 2 heterocycles. The summed E-state index contributed by atoms with van der Waals surface area (Å²) in [6.45, 7) is 6.12. The second-order valence-corrected chi connectivity index (χ2v) is 7.58. The van der Waals surface area contributed by atoms with E-state index in [2.05, 4.69) is 29.5 Å². The molecule has 0 spiro atoms. The zero-order valence-electron chi connectivity index (χ0n) is 16.5. The minimum Gasteiger partial charge on any atom is -0.495 e. The summed E-state index contributed by atoms with van der Waals surface area (Å²) in [7, 11) is 3.63. The van der Waals surface area contributed by atoms with Crippen LogP contribution in [0.4, 0.5) is 5.69 Å². The fourth-order valence-electron chi connectivity index (χ4n) is 3.74. The van der Waals surface area contributed by atoms with Crippen molar-refractivity contribution in [1.29, 1.82) is 0 Å². The van der Waals surface area contributed by atoms with Crippen LogP contribution in [0.25, 0.3) is 0 Å². The number of benzene rings is 1. The summed E-state index contributed by atoms with van der Waals surface area (Å²) in [4.78, 5) is 29.6. The van der Waals surface area contributed by atoms with Gasteiger partial charge in [0.2, 0.25) is 5.91 Å². The van der Waals surface area contributed by atoms with Crippen LogP contribution >= 0.6 is 0 Å². The first kappa shape index (κ1) is 19.6. The Labute approximate surface area is 161 Å². The van der Waals surface area contributed by atoms with E-state index in [9.17, 15) is 9.59 Å². The van der Waals surface area contributed by atoms with Gasteiger partial charge >= 0.3 is 0 Å². The van der Waals surface area contributed by atoms with E-state index in [1.165, 1.54) is 0 Å². The van der Waals surface area contributed by atoms with Gasteiger partial charge in [0.15, 0.2) is 0 Å². The minimum absolute atomic E-state index is 0.00302. The van der Waals surface area contributed by atoms with Gasteiger partial charge in [0.05, 0.1) is 12.8 Å². The Kier molecular flexibility index (Phi) is 6.34. The van der Waals surface area contributed by atoms with Gasteiger partial charge in [-0.25, -0.2) is 0 Å². The topological polar surface area (TPSA) is 73.9 Å². The van der Waals surface area contributed by atoms with E-state index in [0.29, 0.717) is 23.0 Å². The lowest BCUT2D eigenvalue weighted by molar-refractivity contribution is -0.120. The van der Waals surface area contributed by atoms with Crippen LogP contribution < -0.4 is 15.4 Å². The highest BCUT2D eigenvalue weighted by Gasteiger charge is 2.26. The molecular formula is C20H30N4O3. The van der Waals surface area contributed by atoms with Crippen LogP contribution in [-0.2, 0) is 4.79 Å². The van der Waals surface area contributed by atoms with Crippen molar-refractivity contribution in [3.63, 3.8) is 0 Å². The number of carbonyl (C=O) groups excluding carboxylic acids is 2. The number of likely N-dealkylation sites (N-methyl/N-ethyl adjacent to an activating group) is 1. The van der Waals surface area contributed by atoms with Crippen molar-refractivity contribution in [1.82, 2.24) is 15.1 Å². The Morgan fingerprint density at radius 2 is 1.96 bits per heavy atom. The fraction of sp³-hybridized carbons (Fsp3) is 0.600. The van der Waals surface area contributed by atoms with Crippen LogP contribution in [0.3, 0.4) is 0 Å². The molecule has 2 fully saturated rings. The number of carbonyl (C=O) groups is 2. The number of piperazine rings is 1. The van der Waals surface area contributed by atoms with Gasteiger partial charge in [-0.15, -0.1) is 0 Å². The normalized spacial score (nSPS) is 23.7. The Balaban J connectivity index is 1.73. The molecule has 148 valence electrons. The first-order valence-electron chi connectivity index (χ1n) is 9.68. The highest BCUT2D eigenvalue weighted by Crippen LogP contribution is 2.28. The molecule has 3 rings (SSSR count). The maximum Gasteiger partial charge on any atom is 0.254 e. The zero-order chi connectivity index (χ0) is 19.4. The number of rotatable bonds is 4. The molecule has 1 aromatic rings. The maximum atomic E-state index is 12.8. The van der Waals surface area contributed by atoms with Gasteiger partial charge in [-0.2, -0.15) is 0 Å². The highest BCUT2D eigenvalue weighted by atomic mass is 16.5. The third-order valence-electron chi connectivity index (χ3n) is 5.49. The van der Waals surface area contributed by atoms with Crippen LogP contribution in [0.5, 0.6) is 5.75 Å². The molecule has 2 N–H and O–H groups in total. The van der Waals surface area contributed by atoms with Crippen LogP contribution in [-0.4, -0.2) is 74.5 Å². The molecule has 0 saturated carbocycles. The summed E-state index contributed by atoms with van der Waals surface area (Å²) >= 11 is 0. The molecule has 7 heteroatoms. The molecule has 0 radical (unpaired) electrons. The number of amides is 2. The summed E-state index contributed by atoms with van der Waals surface area (Å²) in [5.74, 6) is 0.533. The van der Waals surface area contributed by atoms with Crippen LogP contribution in [0, 0.1) is 5.92 Å². The zero-order valence-corrected chi connectivity index (χ0v) is 16.5. The first-order valence-corrected chi connectivity index (χ1v) is 9.68. The number of piperidine rings is 1. The Morgan fingerprint density at radius 1 is 1.22 bits per heavy atom. The number of hydrogen-bond donors (Lipinski definition) is 2. The molecule has 2 amide bonds. The van der Waals surface area contributed by atoms with Crippen LogP contribution in [0.1, 0.15) is 30.1 Å². The second kappa shape index (κ2) is 8.71. The summed E-state index contributed by atoms with van der Waals surface area (Å²) in [6, 6.07) is 5.59. The average molecular weight is 374 g/mol. The average Bonchev–Trinajstić information content (AvgIpc) is 2.68. The second-order valence-electron chi connectivity index (χ2n) is 7.58. The molecule has 0 unspecified atom stereocenters. The summed E-state index contributed by atoms with van der Waals surface area (Å²) < 4.78 is 5.39. The Bertz CT molecular complexity index is 686. The predicted molar refractivity (Wildman–Crippen MR) is 105 cm³/mol. The van der Waals surface area contributed by atoms with E-state index in [1.54, 1.807) is 25.3 Å². The van der Waals surface area contributed by atoms with E-state index >= 15 is 0 Å². The maximum absolute atomic E-state index is 12.8. The van der Waals surface area contributed by atoms with Crippen molar-refractivity contribution in [2.75, 3.05) is 52.2 Å². The molecule has 7 nitrogen and oxygen atoms in total. The van der Waals surface area contributed by atoms with Crippen molar-refractivity contribution in [3.8, 4) is 5.75 Å². The van der Waals surface area contributed by atoms with Crippen LogP contribution in [0.15, 0.2) is 18.2 Å². The first-order chi connectivity index (χ1) is 13.0. The van der Waals surface area contributed by atoms with Crippen molar-refractivity contribution in [2.45, 2.75) is 25.8 Å². The molecule has 0 aliphatic carbocycles. The molecule has 2 aliphatic heterocycles. The van der Waals surface area contributed by atoms with Gasteiger partial charge in [0.1, 0.15) is 5.75 Å². The van der Waals surface area contributed by atoms with Crippen molar-refractivity contribution in [3.05, 3.63) is 23.8 Å². The third-order valence-corrected chi connectivity index (χ3v) is 5.49. The SMILES string of the molecule is COc1ccc(C(=O)N2CCN(C)CC2)cc1NC(=O)[C@H]1CCN[C@@H](C)C1. The van der Waals surface area contributed by atoms with Crippen molar-refractivity contribution >= 4 is 17.5 Å². The van der Waals surface area contributed by atoms with Crippen molar-refractivity contribution < 1.29 is 14.3 Å². The lowest BCUT2D eigenvalue weighted by Gasteiger charge is -2.32. The van der Waals surface area contributed by atoms with E-state index in [1.807, 2.05) is 4.90 Å². The highest BCUT2D eigenvalue weighted by molar-refractivity contribution is 5.99.